The van der Waals surface area contributed by atoms with E-state index in [-0.39, 0.29) is 0 Å². The summed E-state index contributed by atoms with van der Waals surface area (Å²) in [5.41, 5.74) is 0.743. The Balaban J connectivity index is 1.70. The number of nitrogens with zero attached hydrogens (tertiary/aromatic N) is 1. The fourth-order valence-electron chi connectivity index (χ4n) is 1.41. The van der Waals surface area contributed by atoms with Gasteiger partial charge in [0.2, 0.25) is 0 Å². The lowest BCUT2D eigenvalue weighted by atomic mass is 10.3. The highest BCUT2D eigenvalue weighted by Gasteiger charge is 1.99. The highest BCUT2D eigenvalue weighted by Crippen LogP contribution is 2.13. The molecule has 0 saturated heterocycles. The van der Waals surface area contributed by atoms with Crippen LogP contribution in [0.25, 0.3) is 0 Å². The normalized spacial score (nSPS) is 10.2. The number of thiophene rings is 1. The molecule has 82 valence electrons. The van der Waals surface area contributed by atoms with Crippen molar-refractivity contribution in [3.05, 3.63) is 46.0 Å². The van der Waals surface area contributed by atoms with Gasteiger partial charge in [-0.15, -0.1) is 11.3 Å². The molecule has 1 N–H and O–H groups in total. The first-order valence-electron chi connectivity index (χ1n) is 5.09. The summed E-state index contributed by atoms with van der Waals surface area (Å²) >= 11 is 1.61. The van der Waals surface area contributed by atoms with Crippen molar-refractivity contribution < 1.29 is 4.42 Å². The summed E-state index contributed by atoms with van der Waals surface area (Å²) in [6, 6.07) is 7.92. The van der Waals surface area contributed by atoms with Gasteiger partial charge in [0.15, 0.2) is 0 Å². The maximum atomic E-state index is 8.67. The van der Waals surface area contributed by atoms with Crippen molar-refractivity contribution >= 4 is 11.3 Å². The molecular weight excluding hydrogens is 220 g/mol. The molecule has 0 atom stereocenters. The lowest BCUT2D eigenvalue weighted by molar-refractivity contribution is 0.499. The van der Waals surface area contributed by atoms with Gasteiger partial charge in [0.05, 0.1) is 11.8 Å². The SMILES string of the molecule is N#Cc1csc(CNCCc2ccco2)c1. The second-order valence-corrected chi connectivity index (χ2v) is 4.42. The van der Waals surface area contributed by atoms with Gasteiger partial charge in [0.25, 0.3) is 0 Å². The van der Waals surface area contributed by atoms with Crippen molar-refractivity contribution in [3.63, 3.8) is 0 Å². The van der Waals surface area contributed by atoms with Crippen molar-refractivity contribution in [3.8, 4) is 6.07 Å². The van der Waals surface area contributed by atoms with Crippen LogP contribution in [0.1, 0.15) is 16.2 Å². The van der Waals surface area contributed by atoms with Crippen LogP contribution in [0.4, 0.5) is 0 Å². The summed E-state index contributed by atoms with van der Waals surface area (Å²) in [4.78, 5) is 1.19. The average molecular weight is 232 g/mol. The van der Waals surface area contributed by atoms with E-state index in [4.69, 9.17) is 9.68 Å². The van der Waals surface area contributed by atoms with Gasteiger partial charge in [-0.25, -0.2) is 0 Å². The summed E-state index contributed by atoms with van der Waals surface area (Å²) in [6.45, 7) is 1.69. The summed E-state index contributed by atoms with van der Waals surface area (Å²) in [7, 11) is 0. The summed E-state index contributed by atoms with van der Waals surface area (Å²) < 4.78 is 5.23. The zero-order valence-corrected chi connectivity index (χ0v) is 9.59. The average Bonchev–Trinajstić information content (AvgIpc) is 2.95. The Morgan fingerprint density at radius 1 is 1.50 bits per heavy atom. The van der Waals surface area contributed by atoms with Crippen molar-refractivity contribution in [2.45, 2.75) is 13.0 Å². The lowest BCUT2D eigenvalue weighted by Crippen LogP contribution is -2.15. The van der Waals surface area contributed by atoms with Crippen molar-refractivity contribution in [1.29, 1.82) is 5.26 Å². The number of nitriles is 1. The van der Waals surface area contributed by atoms with Gasteiger partial charge >= 0.3 is 0 Å². The number of rotatable bonds is 5. The van der Waals surface area contributed by atoms with Gasteiger partial charge in [-0.05, 0) is 18.2 Å². The maximum absolute atomic E-state index is 8.67. The van der Waals surface area contributed by atoms with Crippen LogP contribution in [0, 0.1) is 11.3 Å². The van der Waals surface area contributed by atoms with Crippen LogP contribution < -0.4 is 5.32 Å². The third-order valence-corrected chi connectivity index (χ3v) is 3.15. The van der Waals surface area contributed by atoms with E-state index in [0.717, 1.165) is 30.8 Å². The Morgan fingerprint density at radius 2 is 2.44 bits per heavy atom. The molecular formula is C12H12N2OS. The van der Waals surface area contributed by atoms with Gasteiger partial charge in [-0.1, -0.05) is 0 Å². The fourth-order valence-corrected chi connectivity index (χ4v) is 2.19. The van der Waals surface area contributed by atoms with Crippen LogP contribution >= 0.6 is 11.3 Å². The Hall–Kier alpha value is -1.57. The van der Waals surface area contributed by atoms with Crippen LogP contribution in [-0.4, -0.2) is 6.54 Å². The smallest absolute Gasteiger partial charge is 0.105 e. The lowest BCUT2D eigenvalue weighted by Gasteiger charge is -2.00. The standard InChI is InChI=1S/C12H12N2OS/c13-7-10-6-12(16-9-10)8-14-4-3-11-2-1-5-15-11/h1-2,5-6,9,14H,3-4,8H2. The summed E-state index contributed by atoms with van der Waals surface area (Å²) in [5, 5.41) is 13.9. The van der Waals surface area contributed by atoms with Crippen LogP contribution in [0.15, 0.2) is 34.3 Å². The monoisotopic (exact) mass is 232 g/mol. The number of hydrogen-bond donors (Lipinski definition) is 1. The molecule has 0 bridgehead atoms. The molecule has 0 aliphatic carbocycles. The molecule has 2 heterocycles. The third-order valence-electron chi connectivity index (χ3n) is 2.21. The molecule has 0 unspecified atom stereocenters. The predicted molar refractivity (Wildman–Crippen MR) is 63.2 cm³/mol. The van der Waals surface area contributed by atoms with E-state index < -0.39 is 0 Å². The quantitative estimate of drug-likeness (QED) is 0.806. The molecule has 0 amide bonds. The first kappa shape index (κ1) is 10.9. The topological polar surface area (TPSA) is 49.0 Å². The predicted octanol–water partition coefficient (Wildman–Crippen LogP) is 2.55. The van der Waals surface area contributed by atoms with E-state index in [0.29, 0.717) is 0 Å². The van der Waals surface area contributed by atoms with E-state index in [1.165, 1.54) is 4.88 Å². The summed E-state index contributed by atoms with van der Waals surface area (Å²) in [5.74, 6) is 0.997. The molecule has 0 aliphatic heterocycles. The third kappa shape index (κ3) is 2.96. The molecule has 0 aromatic carbocycles. The van der Waals surface area contributed by atoms with Crippen molar-refractivity contribution in [2.75, 3.05) is 6.54 Å². The Morgan fingerprint density at radius 3 is 3.12 bits per heavy atom. The van der Waals surface area contributed by atoms with E-state index in [1.807, 2.05) is 23.6 Å². The molecule has 0 spiro atoms. The minimum Gasteiger partial charge on any atom is -0.469 e. The molecule has 0 fully saturated rings. The molecule has 16 heavy (non-hydrogen) atoms. The van der Waals surface area contributed by atoms with Gasteiger partial charge in [-0.3, -0.25) is 0 Å². The minimum atomic E-state index is 0.743. The highest BCUT2D eigenvalue weighted by atomic mass is 32.1. The van der Waals surface area contributed by atoms with Gasteiger partial charge in [0, 0.05) is 29.8 Å². The van der Waals surface area contributed by atoms with E-state index >= 15 is 0 Å². The second-order valence-electron chi connectivity index (χ2n) is 3.42. The summed E-state index contributed by atoms with van der Waals surface area (Å²) in [6.07, 6.45) is 2.58. The Kier molecular flexibility index (Phi) is 3.76. The Bertz CT molecular complexity index is 467. The van der Waals surface area contributed by atoms with E-state index in [9.17, 15) is 0 Å². The first-order valence-corrected chi connectivity index (χ1v) is 5.97. The number of hydrogen-bond acceptors (Lipinski definition) is 4. The minimum absolute atomic E-state index is 0.743. The van der Waals surface area contributed by atoms with Gasteiger partial charge in [0.1, 0.15) is 11.8 Å². The largest absolute Gasteiger partial charge is 0.469 e. The van der Waals surface area contributed by atoms with E-state index in [2.05, 4.69) is 11.4 Å². The molecule has 2 rings (SSSR count). The molecule has 4 heteroatoms. The van der Waals surface area contributed by atoms with Gasteiger partial charge < -0.3 is 9.73 Å². The van der Waals surface area contributed by atoms with Crippen molar-refractivity contribution in [2.24, 2.45) is 0 Å². The molecule has 3 nitrogen and oxygen atoms in total. The molecule has 2 aromatic heterocycles. The Labute approximate surface area is 98.3 Å². The maximum Gasteiger partial charge on any atom is 0.105 e. The van der Waals surface area contributed by atoms with Crippen LogP contribution in [0.3, 0.4) is 0 Å². The highest BCUT2D eigenvalue weighted by molar-refractivity contribution is 7.10. The molecule has 0 aliphatic rings. The van der Waals surface area contributed by atoms with Crippen LogP contribution in [-0.2, 0) is 13.0 Å². The van der Waals surface area contributed by atoms with E-state index in [1.54, 1.807) is 17.6 Å². The number of furan rings is 1. The zero-order chi connectivity index (χ0) is 11.2. The van der Waals surface area contributed by atoms with Crippen LogP contribution in [0.2, 0.25) is 0 Å². The zero-order valence-electron chi connectivity index (χ0n) is 8.77. The van der Waals surface area contributed by atoms with Crippen LogP contribution in [0.5, 0.6) is 0 Å². The number of nitrogens with one attached hydrogen (secondary N) is 1. The first-order chi connectivity index (χ1) is 7.88. The molecule has 0 radical (unpaired) electrons. The second kappa shape index (κ2) is 5.50. The molecule has 2 aromatic rings. The van der Waals surface area contributed by atoms with Crippen molar-refractivity contribution in [1.82, 2.24) is 5.32 Å². The van der Waals surface area contributed by atoms with Gasteiger partial charge in [-0.2, -0.15) is 5.26 Å². The molecule has 0 saturated carbocycles. The fraction of sp³-hybridized carbons (Fsp3) is 0.250.